The van der Waals surface area contributed by atoms with Crippen molar-refractivity contribution in [3.8, 4) is 11.5 Å². The third-order valence-electron chi connectivity index (χ3n) is 3.97. The van der Waals surface area contributed by atoms with E-state index in [2.05, 4.69) is 10.2 Å². The zero-order valence-electron chi connectivity index (χ0n) is 15.8. The Morgan fingerprint density at radius 1 is 0.828 bits per heavy atom. The van der Waals surface area contributed by atoms with Crippen molar-refractivity contribution < 1.29 is 19.1 Å². The minimum absolute atomic E-state index is 0.612. The van der Waals surface area contributed by atoms with Crippen molar-refractivity contribution >= 4 is 47.4 Å². The fraction of sp³-hybridized carbons (Fsp3) is 0.200. The lowest BCUT2D eigenvalue weighted by Gasteiger charge is -2.08. The summed E-state index contributed by atoms with van der Waals surface area (Å²) < 4.78 is 12.4. The first-order valence-electron chi connectivity index (χ1n) is 8.50. The van der Waals surface area contributed by atoms with Gasteiger partial charge in [-0.3, -0.25) is 9.59 Å². The maximum atomic E-state index is 11.0. The second-order valence-corrected chi connectivity index (χ2v) is 9.21. The van der Waals surface area contributed by atoms with Crippen LogP contribution < -0.4 is 9.47 Å². The van der Waals surface area contributed by atoms with Crippen LogP contribution >= 0.6 is 34.9 Å². The lowest BCUT2D eigenvalue weighted by atomic mass is 10.1. The third-order valence-corrected chi connectivity index (χ3v) is 7.26. The van der Waals surface area contributed by atoms with Crippen molar-refractivity contribution in [2.24, 2.45) is 0 Å². The number of benzene rings is 2. The Kier molecular flexibility index (Phi) is 7.68. The van der Waals surface area contributed by atoms with Gasteiger partial charge in [0.25, 0.3) is 0 Å². The highest BCUT2D eigenvalue weighted by Crippen LogP contribution is 2.35. The fourth-order valence-electron chi connectivity index (χ4n) is 2.56. The van der Waals surface area contributed by atoms with Gasteiger partial charge in [-0.2, -0.15) is 0 Å². The van der Waals surface area contributed by atoms with Gasteiger partial charge in [0.05, 0.1) is 14.2 Å². The predicted octanol–water partition coefficient (Wildman–Crippen LogP) is 4.76. The highest BCUT2D eigenvalue weighted by molar-refractivity contribution is 8.02. The lowest BCUT2D eigenvalue weighted by Crippen LogP contribution is -1.92. The molecule has 0 aliphatic rings. The van der Waals surface area contributed by atoms with E-state index >= 15 is 0 Å². The number of hydrogen-bond acceptors (Lipinski definition) is 9. The summed E-state index contributed by atoms with van der Waals surface area (Å²) in [5.41, 5.74) is 3.09. The van der Waals surface area contributed by atoms with Crippen LogP contribution in [0.25, 0.3) is 0 Å². The molecule has 0 saturated heterocycles. The monoisotopic (exact) mass is 446 g/mol. The number of rotatable bonds is 10. The van der Waals surface area contributed by atoms with Crippen LogP contribution in [-0.4, -0.2) is 37.0 Å². The van der Waals surface area contributed by atoms with E-state index in [4.69, 9.17) is 9.47 Å². The first-order chi connectivity index (χ1) is 14.2. The van der Waals surface area contributed by atoms with E-state index < -0.39 is 0 Å². The number of thioether (sulfide) groups is 2. The van der Waals surface area contributed by atoms with Gasteiger partial charge in [0, 0.05) is 33.8 Å². The summed E-state index contributed by atoms with van der Waals surface area (Å²) >= 11 is 4.59. The van der Waals surface area contributed by atoms with E-state index in [9.17, 15) is 9.59 Å². The Morgan fingerprint density at radius 3 is 1.66 bits per heavy atom. The average Bonchev–Trinajstić information content (AvgIpc) is 3.23. The molecule has 0 aliphatic heterocycles. The van der Waals surface area contributed by atoms with Gasteiger partial charge in [-0.15, -0.1) is 10.2 Å². The van der Waals surface area contributed by atoms with Gasteiger partial charge < -0.3 is 9.47 Å². The predicted molar refractivity (Wildman–Crippen MR) is 116 cm³/mol. The molecule has 0 saturated carbocycles. The highest BCUT2D eigenvalue weighted by atomic mass is 32.2. The number of aromatic nitrogens is 2. The summed E-state index contributed by atoms with van der Waals surface area (Å²) in [5.74, 6) is 2.73. The molecule has 0 N–H and O–H groups in total. The zero-order chi connectivity index (χ0) is 20.6. The Balaban J connectivity index is 1.63. The number of aldehydes is 2. The van der Waals surface area contributed by atoms with Gasteiger partial charge >= 0.3 is 0 Å². The Hall–Kier alpha value is -2.36. The van der Waals surface area contributed by atoms with Crippen molar-refractivity contribution in [1.29, 1.82) is 0 Å². The number of nitrogens with zero attached hydrogens (tertiary/aromatic N) is 2. The Bertz CT molecular complexity index is 929. The van der Waals surface area contributed by atoms with E-state index in [0.29, 0.717) is 22.6 Å². The molecule has 0 radical (unpaired) electrons. The summed E-state index contributed by atoms with van der Waals surface area (Å²) in [4.78, 5) is 22.0. The Morgan fingerprint density at radius 2 is 1.28 bits per heavy atom. The summed E-state index contributed by atoms with van der Waals surface area (Å²) in [6.45, 7) is 0. The molecule has 0 spiro atoms. The molecule has 150 valence electrons. The smallest absolute Gasteiger partial charge is 0.175 e. The molecule has 0 bridgehead atoms. The number of hydrogen-bond donors (Lipinski definition) is 0. The molecular weight excluding hydrogens is 428 g/mol. The van der Waals surface area contributed by atoms with Crippen LogP contribution in [-0.2, 0) is 11.5 Å². The summed E-state index contributed by atoms with van der Waals surface area (Å²) in [6, 6.07) is 10.7. The van der Waals surface area contributed by atoms with Crippen LogP contribution in [0.5, 0.6) is 11.5 Å². The van der Waals surface area contributed by atoms with E-state index in [1.807, 2.05) is 12.1 Å². The quantitative estimate of drug-likeness (QED) is 0.326. The van der Waals surface area contributed by atoms with Crippen molar-refractivity contribution in [3.05, 3.63) is 58.7 Å². The SMILES string of the molecule is COc1ccc(C=O)cc1CSc1nnc(SCc2cc(C=O)ccc2OC)s1. The van der Waals surface area contributed by atoms with Crippen LogP contribution in [0.15, 0.2) is 45.1 Å². The van der Waals surface area contributed by atoms with Crippen molar-refractivity contribution in [3.63, 3.8) is 0 Å². The summed E-state index contributed by atoms with van der Waals surface area (Å²) in [7, 11) is 3.22. The van der Waals surface area contributed by atoms with Gasteiger partial charge in [0.1, 0.15) is 24.1 Å². The van der Waals surface area contributed by atoms with Crippen LogP contribution in [0.3, 0.4) is 0 Å². The molecule has 0 unspecified atom stereocenters. The molecule has 3 aromatic rings. The van der Waals surface area contributed by atoms with Gasteiger partial charge in [-0.05, 0) is 36.4 Å². The second kappa shape index (κ2) is 10.4. The number of carbonyl (C=O) groups is 2. The van der Waals surface area contributed by atoms with Crippen LogP contribution in [0.2, 0.25) is 0 Å². The van der Waals surface area contributed by atoms with Crippen molar-refractivity contribution in [2.75, 3.05) is 14.2 Å². The highest BCUT2D eigenvalue weighted by Gasteiger charge is 2.11. The van der Waals surface area contributed by atoms with E-state index in [0.717, 1.165) is 43.9 Å². The van der Waals surface area contributed by atoms with Crippen LogP contribution in [0.1, 0.15) is 31.8 Å². The maximum Gasteiger partial charge on any atom is 0.175 e. The third kappa shape index (κ3) is 5.59. The summed E-state index contributed by atoms with van der Waals surface area (Å²) in [6.07, 6.45) is 1.64. The standard InChI is InChI=1S/C20H18N2O4S3/c1-25-17-5-3-13(9-23)7-15(17)11-27-19-21-22-20(29-19)28-12-16-8-14(10-24)4-6-18(16)26-2/h3-10H,11-12H2,1-2H3. The van der Waals surface area contributed by atoms with Gasteiger partial charge in [-0.1, -0.05) is 34.9 Å². The van der Waals surface area contributed by atoms with Gasteiger partial charge in [0.15, 0.2) is 8.68 Å². The molecular formula is C20H18N2O4S3. The number of carbonyl (C=O) groups excluding carboxylic acids is 2. The maximum absolute atomic E-state index is 11.0. The molecule has 1 aromatic heterocycles. The normalized spacial score (nSPS) is 10.6. The van der Waals surface area contributed by atoms with Gasteiger partial charge in [0.2, 0.25) is 0 Å². The molecule has 29 heavy (non-hydrogen) atoms. The zero-order valence-corrected chi connectivity index (χ0v) is 18.2. The minimum Gasteiger partial charge on any atom is -0.496 e. The topological polar surface area (TPSA) is 78.4 Å². The molecule has 9 heteroatoms. The first-order valence-corrected chi connectivity index (χ1v) is 11.3. The number of methoxy groups -OCH3 is 2. The fourth-order valence-corrected chi connectivity index (χ4v) is 5.54. The first kappa shape index (κ1) is 21.4. The largest absolute Gasteiger partial charge is 0.496 e. The lowest BCUT2D eigenvalue weighted by molar-refractivity contribution is 0.111. The molecule has 0 atom stereocenters. The molecule has 6 nitrogen and oxygen atoms in total. The molecule has 3 rings (SSSR count). The van der Waals surface area contributed by atoms with Crippen LogP contribution in [0, 0.1) is 0 Å². The molecule has 2 aromatic carbocycles. The molecule has 0 fully saturated rings. The van der Waals surface area contributed by atoms with Crippen molar-refractivity contribution in [2.45, 2.75) is 20.2 Å². The average molecular weight is 447 g/mol. The summed E-state index contributed by atoms with van der Waals surface area (Å²) in [5, 5.41) is 8.46. The van der Waals surface area contributed by atoms with Gasteiger partial charge in [-0.25, -0.2) is 0 Å². The molecule has 0 aliphatic carbocycles. The van der Waals surface area contributed by atoms with Crippen molar-refractivity contribution in [1.82, 2.24) is 10.2 Å². The number of ether oxygens (including phenoxy) is 2. The van der Waals surface area contributed by atoms with E-state index in [1.165, 1.54) is 11.3 Å². The molecule has 1 heterocycles. The van der Waals surface area contributed by atoms with Crippen LogP contribution in [0.4, 0.5) is 0 Å². The Labute approximate surface area is 181 Å². The second-order valence-electron chi connectivity index (χ2n) is 5.79. The minimum atomic E-state index is 0.612. The molecule has 0 amide bonds. The van der Waals surface area contributed by atoms with E-state index in [1.54, 1.807) is 62.0 Å². The van der Waals surface area contributed by atoms with E-state index in [-0.39, 0.29) is 0 Å².